The van der Waals surface area contributed by atoms with Crippen LogP contribution in [0.3, 0.4) is 0 Å². The molecule has 2 heterocycles. The van der Waals surface area contributed by atoms with Crippen LogP contribution in [0.2, 0.25) is 0 Å². The zero-order chi connectivity index (χ0) is 24.5. The number of aryl methyl sites for hydroxylation is 1. The molecular formula is C27H33N5O3. The van der Waals surface area contributed by atoms with E-state index in [0.29, 0.717) is 30.8 Å². The smallest absolute Gasteiger partial charge is 0.257 e. The van der Waals surface area contributed by atoms with Crippen LogP contribution in [0.1, 0.15) is 33.6 Å². The van der Waals surface area contributed by atoms with Gasteiger partial charge in [0.1, 0.15) is 5.75 Å². The molecule has 0 spiro atoms. The van der Waals surface area contributed by atoms with Crippen molar-refractivity contribution in [1.29, 1.82) is 0 Å². The quantitative estimate of drug-likeness (QED) is 0.416. The zero-order valence-electron chi connectivity index (χ0n) is 20.2. The lowest BCUT2D eigenvalue weighted by atomic mass is 10.00. The zero-order valence-corrected chi connectivity index (χ0v) is 20.2. The Hall–Kier alpha value is -3.65. The Morgan fingerprint density at radius 3 is 2.74 bits per heavy atom. The van der Waals surface area contributed by atoms with E-state index in [1.54, 1.807) is 30.6 Å². The van der Waals surface area contributed by atoms with Crippen LogP contribution >= 0.6 is 0 Å². The molecule has 0 saturated heterocycles. The molecule has 8 heteroatoms. The summed E-state index contributed by atoms with van der Waals surface area (Å²) in [5.74, 6) is 0.139. The van der Waals surface area contributed by atoms with Gasteiger partial charge in [0, 0.05) is 58.0 Å². The molecule has 8 nitrogen and oxygen atoms in total. The highest BCUT2D eigenvalue weighted by Crippen LogP contribution is 2.18. The van der Waals surface area contributed by atoms with Crippen molar-refractivity contribution < 1.29 is 14.3 Å². The number of aromatic nitrogens is 2. The molecule has 4 rings (SSSR count). The van der Waals surface area contributed by atoms with Crippen LogP contribution in [0.15, 0.2) is 61.1 Å². The van der Waals surface area contributed by atoms with E-state index >= 15 is 0 Å². The maximum Gasteiger partial charge on any atom is 0.257 e. The molecule has 35 heavy (non-hydrogen) atoms. The number of carbonyl (C=O) groups excluding carboxylic acids is 2. The molecule has 2 aromatic carbocycles. The number of carbonyl (C=O) groups is 2. The molecule has 2 amide bonds. The van der Waals surface area contributed by atoms with Crippen molar-refractivity contribution >= 4 is 11.8 Å². The molecule has 3 aromatic rings. The van der Waals surface area contributed by atoms with Crippen LogP contribution in [0, 0.1) is 0 Å². The second-order valence-corrected chi connectivity index (χ2v) is 8.85. The third-order valence-corrected chi connectivity index (χ3v) is 6.07. The van der Waals surface area contributed by atoms with E-state index in [1.165, 1.54) is 11.1 Å². The number of rotatable bonds is 11. The van der Waals surface area contributed by atoms with Crippen LogP contribution in [-0.2, 0) is 31.2 Å². The number of benzene rings is 2. The van der Waals surface area contributed by atoms with Crippen molar-refractivity contribution in [3.63, 3.8) is 0 Å². The van der Waals surface area contributed by atoms with Crippen molar-refractivity contribution in [2.24, 2.45) is 7.05 Å². The summed E-state index contributed by atoms with van der Waals surface area (Å²) in [6, 6.07) is 15.5. The summed E-state index contributed by atoms with van der Waals surface area (Å²) in [5, 5.41) is 5.81. The number of nitrogens with zero attached hydrogens (tertiary/aromatic N) is 3. The standard InChI is InChI=1S/C27H33N5O3/c1-31-18-24(30-20-31)10-13-29-27(34)22-8-4-9-25(16-22)35-19-26(33)28-12-5-14-32-15-11-21-6-2-3-7-23(21)17-32/h2-4,6-9,16,18,20H,5,10-15,17,19H2,1H3,(H,28,33)(H,29,34). The van der Waals surface area contributed by atoms with Crippen molar-refractivity contribution in [3.8, 4) is 5.75 Å². The van der Waals surface area contributed by atoms with E-state index in [0.717, 1.165) is 38.2 Å². The lowest BCUT2D eigenvalue weighted by Gasteiger charge is -2.28. The molecule has 184 valence electrons. The number of hydrogen-bond acceptors (Lipinski definition) is 5. The lowest BCUT2D eigenvalue weighted by molar-refractivity contribution is -0.123. The van der Waals surface area contributed by atoms with Gasteiger partial charge in [0.25, 0.3) is 11.8 Å². The molecule has 2 N–H and O–H groups in total. The summed E-state index contributed by atoms with van der Waals surface area (Å²) < 4.78 is 7.48. The molecule has 1 aliphatic heterocycles. The SMILES string of the molecule is Cn1cnc(CCNC(=O)c2cccc(OCC(=O)NCCCN3CCc4ccccc4C3)c2)c1. The fourth-order valence-corrected chi connectivity index (χ4v) is 4.20. The van der Waals surface area contributed by atoms with Gasteiger partial charge >= 0.3 is 0 Å². The normalized spacial score (nSPS) is 13.2. The summed E-state index contributed by atoms with van der Waals surface area (Å²) in [6.07, 6.45) is 6.30. The van der Waals surface area contributed by atoms with Crippen molar-refractivity contribution in [3.05, 3.63) is 83.4 Å². The van der Waals surface area contributed by atoms with Crippen molar-refractivity contribution in [2.45, 2.75) is 25.8 Å². The molecule has 0 atom stereocenters. The lowest BCUT2D eigenvalue weighted by Crippen LogP contribution is -2.35. The molecule has 0 unspecified atom stereocenters. The third kappa shape index (κ3) is 7.42. The molecule has 0 saturated carbocycles. The van der Waals surface area contributed by atoms with Gasteiger partial charge in [0.05, 0.1) is 12.0 Å². The van der Waals surface area contributed by atoms with Crippen molar-refractivity contribution in [2.75, 3.05) is 32.8 Å². The first-order chi connectivity index (χ1) is 17.1. The van der Waals surface area contributed by atoms with Gasteiger partial charge < -0.3 is 19.9 Å². The Labute approximate surface area is 206 Å². The van der Waals surface area contributed by atoms with Gasteiger partial charge in [-0.2, -0.15) is 0 Å². The molecule has 0 aliphatic carbocycles. The van der Waals surface area contributed by atoms with E-state index in [-0.39, 0.29) is 18.4 Å². The van der Waals surface area contributed by atoms with Crippen LogP contribution in [0.25, 0.3) is 0 Å². The van der Waals surface area contributed by atoms with Gasteiger partial charge in [-0.1, -0.05) is 30.3 Å². The Kier molecular flexibility index (Phi) is 8.51. The Balaban J connectivity index is 1.12. The monoisotopic (exact) mass is 475 g/mol. The van der Waals surface area contributed by atoms with Crippen LogP contribution in [0.5, 0.6) is 5.75 Å². The Morgan fingerprint density at radius 1 is 1.06 bits per heavy atom. The molecule has 1 aromatic heterocycles. The van der Waals surface area contributed by atoms with Crippen LogP contribution < -0.4 is 15.4 Å². The molecule has 0 bridgehead atoms. The molecule has 0 fully saturated rings. The highest BCUT2D eigenvalue weighted by Gasteiger charge is 2.15. The second kappa shape index (κ2) is 12.2. The minimum absolute atomic E-state index is 0.0815. The topological polar surface area (TPSA) is 88.5 Å². The number of nitrogens with one attached hydrogen (secondary N) is 2. The highest BCUT2D eigenvalue weighted by molar-refractivity contribution is 5.94. The fourth-order valence-electron chi connectivity index (χ4n) is 4.20. The number of hydrogen-bond donors (Lipinski definition) is 2. The number of ether oxygens (including phenoxy) is 1. The number of amides is 2. The summed E-state index contributed by atoms with van der Waals surface area (Å²) in [6.45, 7) is 4.00. The first-order valence-corrected chi connectivity index (χ1v) is 12.1. The van der Waals surface area contributed by atoms with Gasteiger partial charge in [-0.05, 0) is 42.2 Å². The molecule has 0 radical (unpaired) electrons. The first-order valence-electron chi connectivity index (χ1n) is 12.1. The van der Waals surface area contributed by atoms with E-state index in [4.69, 9.17) is 4.74 Å². The van der Waals surface area contributed by atoms with Gasteiger partial charge in [-0.15, -0.1) is 0 Å². The van der Waals surface area contributed by atoms with Gasteiger partial charge in [0.2, 0.25) is 0 Å². The maximum atomic E-state index is 12.4. The van der Waals surface area contributed by atoms with Crippen molar-refractivity contribution in [1.82, 2.24) is 25.1 Å². The van der Waals surface area contributed by atoms with E-state index in [2.05, 4.69) is 44.8 Å². The average Bonchev–Trinajstić information content (AvgIpc) is 3.30. The second-order valence-electron chi connectivity index (χ2n) is 8.85. The highest BCUT2D eigenvalue weighted by atomic mass is 16.5. The fraction of sp³-hybridized carbons (Fsp3) is 0.370. The third-order valence-electron chi connectivity index (χ3n) is 6.07. The summed E-state index contributed by atoms with van der Waals surface area (Å²) >= 11 is 0. The van der Waals surface area contributed by atoms with Gasteiger partial charge in [-0.25, -0.2) is 4.98 Å². The van der Waals surface area contributed by atoms with E-state index < -0.39 is 0 Å². The van der Waals surface area contributed by atoms with Crippen LogP contribution in [-0.4, -0.2) is 59.1 Å². The number of fused-ring (bicyclic) bond motifs is 1. The van der Waals surface area contributed by atoms with E-state index in [1.807, 2.05) is 17.8 Å². The minimum Gasteiger partial charge on any atom is -0.484 e. The largest absolute Gasteiger partial charge is 0.484 e. The maximum absolute atomic E-state index is 12.4. The van der Waals surface area contributed by atoms with E-state index in [9.17, 15) is 9.59 Å². The molecule has 1 aliphatic rings. The number of imidazole rings is 1. The predicted octanol–water partition coefficient (Wildman–Crippen LogP) is 2.34. The predicted molar refractivity (Wildman–Crippen MR) is 134 cm³/mol. The summed E-state index contributed by atoms with van der Waals surface area (Å²) in [5.41, 5.74) is 4.27. The Morgan fingerprint density at radius 2 is 1.91 bits per heavy atom. The van der Waals surface area contributed by atoms with Crippen LogP contribution in [0.4, 0.5) is 0 Å². The van der Waals surface area contributed by atoms with Gasteiger partial charge in [-0.3, -0.25) is 14.5 Å². The first kappa shape index (κ1) is 24.5. The summed E-state index contributed by atoms with van der Waals surface area (Å²) in [4.78, 5) is 31.3. The molecular weight excluding hydrogens is 442 g/mol. The minimum atomic E-state index is -0.184. The van der Waals surface area contributed by atoms with Gasteiger partial charge in [0.15, 0.2) is 6.61 Å². The average molecular weight is 476 g/mol. The Bertz CT molecular complexity index is 1140. The summed E-state index contributed by atoms with van der Waals surface area (Å²) in [7, 11) is 1.91.